The van der Waals surface area contributed by atoms with Crippen molar-refractivity contribution in [3.8, 4) is 0 Å². The molecule has 37 heavy (non-hydrogen) atoms. The number of aryl methyl sites for hydroxylation is 1. The Morgan fingerprint density at radius 1 is 0.973 bits per heavy atom. The summed E-state index contributed by atoms with van der Waals surface area (Å²) in [6.07, 6.45) is 1.04. The molecular formula is C27H27ClFN3O4S. The number of benzene rings is 3. The molecule has 0 saturated carbocycles. The molecule has 1 aliphatic heterocycles. The Labute approximate surface area is 220 Å². The number of nitrogens with one attached hydrogen (secondary N) is 1. The van der Waals surface area contributed by atoms with Crippen molar-refractivity contribution >= 4 is 38.9 Å². The molecular weight excluding hydrogens is 517 g/mol. The number of hydrogen-bond donors (Lipinski definition) is 1. The number of halogens is 2. The highest BCUT2D eigenvalue weighted by molar-refractivity contribution is 7.90. The van der Waals surface area contributed by atoms with E-state index in [0.29, 0.717) is 48.0 Å². The molecule has 1 saturated heterocycles. The minimum absolute atomic E-state index is 0.0834. The lowest BCUT2D eigenvalue weighted by Crippen LogP contribution is -2.52. The van der Waals surface area contributed by atoms with E-state index in [-0.39, 0.29) is 10.8 Å². The van der Waals surface area contributed by atoms with Crippen molar-refractivity contribution in [1.29, 1.82) is 0 Å². The Balaban J connectivity index is 1.53. The van der Waals surface area contributed by atoms with Crippen LogP contribution in [0.3, 0.4) is 0 Å². The molecule has 0 aromatic heterocycles. The van der Waals surface area contributed by atoms with Gasteiger partial charge in [-0.2, -0.15) is 0 Å². The first kappa shape index (κ1) is 26.6. The third-order valence-electron chi connectivity index (χ3n) is 6.33. The average Bonchev–Trinajstić information content (AvgIpc) is 2.88. The number of sulfone groups is 1. The van der Waals surface area contributed by atoms with Crippen LogP contribution in [0.25, 0.3) is 0 Å². The summed E-state index contributed by atoms with van der Waals surface area (Å²) < 4.78 is 38.2. The minimum atomic E-state index is -3.65. The highest BCUT2D eigenvalue weighted by Gasteiger charge is 2.31. The van der Waals surface area contributed by atoms with Gasteiger partial charge in [-0.1, -0.05) is 41.9 Å². The van der Waals surface area contributed by atoms with Gasteiger partial charge in [0, 0.05) is 43.0 Å². The third kappa shape index (κ3) is 6.11. The lowest BCUT2D eigenvalue weighted by Gasteiger charge is -2.38. The maximum absolute atomic E-state index is 13.8. The standard InChI is InChI=1S/C27H27ClFN3O4S/c1-18-16-20(8-10-22(18)28)26(33)30-25(19-6-4-3-5-7-19)27(34)32-14-12-31(13-15-32)23-11-9-21(29)17-24(23)37(2,35)36/h3-11,16-17,25H,12-15H2,1-2H3,(H,30,33)/t25-/m1/s1. The number of carbonyl (C=O) groups excluding carboxylic acids is 2. The van der Waals surface area contributed by atoms with Crippen molar-refractivity contribution in [3.05, 3.63) is 94.3 Å². The van der Waals surface area contributed by atoms with Gasteiger partial charge in [-0.25, -0.2) is 12.8 Å². The topological polar surface area (TPSA) is 86.8 Å². The van der Waals surface area contributed by atoms with Gasteiger partial charge >= 0.3 is 0 Å². The molecule has 3 aromatic rings. The van der Waals surface area contributed by atoms with E-state index in [0.717, 1.165) is 17.9 Å². The molecule has 7 nitrogen and oxygen atoms in total. The molecule has 10 heteroatoms. The van der Waals surface area contributed by atoms with Crippen molar-refractivity contribution < 1.29 is 22.4 Å². The van der Waals surface area contributed by atoms with E-state index in [1.54, 1.807) is 54.3 Å². The van der Waals surface area contributed by atoms with Crippen LogP contribution in [0.5, 0.6) is 0 Å². The second-order valence-electron chi connectivity index (χ2n) is 8.98. The van der Waals surface area contributed by atoms with Gasteiger partial charge in [-0.3, -0.25) is 9.59 Å². The molecule has 0 aliphatic carbocycles. The predicted molar refractivity (Wildman–Crippen MR) is 141 cm³/mol. The lowest BCUT2D eigenvalue weighted by atomic mass is 10.0. The summed E-state index contributed by atoms with van der Waals surface area (Å²) in [5.41, 5.74) is 2.20. The van der Waals surface area contributed by atoms with Gasteiger partial charge in [0.25, 0.3) is 5.91 Å². The van der Waals surface area contributed by atoms with E-state index in [2.05, 4.69) is 5.32 Å². The van der Waals surface area contributed by atoms with Gasteiger partial charge in [0.05, 0.1) is 10.6 Å². The molecule has 4 rings (SSSR count). The van der Waals surface area contributed by atoms with Crippen LogP contribution in [0.4, 0.5) is 10.1 Å². The molecule has 3 aromatic carbocycles. The van der Waals surface area contributed by atoms with Crippen LogP contribution in [-0.4, -0.2) is 57.6 Å². The summed E-state index contributed by atoms with van der Waals surface area (Å²) in [6, 6.07) is 16.7. The number of anilines is 1. The number of carbonyl (C=O) groups is 2. The summed E-state index contributed by atoms with van der Waals surface area (Å²) in [7, 11) is -3.65. The lowest BCUT2D eigenvalue weighted by molar-refractivity contribution is -0.133. The molecule has 2 amide bonds. The fraction of sp³-hybridized carbons (Fsp3) is 0.259. The second-order valence-corrected chi connectivity index (χ2v) is 11.4. The van der Waals surface area contributed by atoms with Crippen LogP contribution in [0, 0.1) is 12.7 Å². The first-order valence-corrected chi connectivity index (χ1v) is 14.0. The van der Waals surface area contributed by atoms with Crippen molar-refractivity contribution in [2.24, 2.45) is 0 Å². The molecule has 0 spiro atoms. The van der Waals surface area contributed by atoms with Gasteiger partial charge < -0.3 is 15.1 Å². The zero-order chi connectivity index (χ0) is 26.7. The zero-order valence-electron chi connectivity index (χ0n) is 20.4. The second kappa shape index (κ2) is 10.9. The summed E-state index contributed by atoms with van der Waals surface area (Å²) >= 11 is 6.09. The smallest absolute Gasteiger partial charge is 0.252 e. The molecule has 0 unspecified atom stereocenters. The molecule has 0 radical (unpaired) electrons. The van der Waals surface area contributed by atoms with Crippen LogP contribution in [-0.2, 0) is 14.6 Å². The number of rotatable bonds is 6. The monoisotopic (exact) mass is 543 g/mol. The molecule has 1 fully saturated rings. The summed E-state index contributed by atoms with van der Waals surface area (Å²) in [5.74, 6) is -1.30. The Kier molecular flexibility index (Phi) is 7.85. The van der Waals surface area contributed by atoms with Crippen molar-refractivity contribution in [1.82, 2.24) is 10.2 Å². The minimum Gasteiger partial charge on any atom is -0.367 e. The van der Waals surface area contributed by atoms with Crippen LogP contribution in [0.15, 0.2) is 71.6 Å². The zero-order valence-corrected chi connectivity index (χ0v) is 22.0. The number of amides is 2. The van der Waals surface area contributed by atoms with Crippen molar-refractivity contribution in [2.75, 3.05) is 37.3 Å². The normalized spacial score (nSPS) is 14.8. The summed E-state index contributed by atoms with van der Waals surface area (Å²) in [4.78, 5) is 30.1. The van der Waals surface area contributed by atoms with E-state index in [9.17, 15) is 22.4 Å². The number of hydrogen-bond acceptors (Lipinski definition) is 5. The van der Waals surface area contributed by atoms with Crippen LogP contribution in [0.2, 0.25) is 5.02 Å². The molecule has 194 valence electrons. The highest BCUT2D eigenvalue weighted by Crippen LogP contribution is 2.28. The van der Waals surface area contributed by atoms with Gasteiger partial charge in [-0.05, 0) is 54.4 Å². The van der Waals surface area contributed by atoms with Crippen LogP contribution >= 0.6 is 11.6 Å². The Morgan fingerprint density at radius 3 is 2.27 bits per heavy atom. The summed E-state index contributed by atoms with van der Waals surface area (Å²) in [6.45, 7) is 3.11. The van der Waals surface area contributed by atoms with Crippen molar-refractivity contribution in [3.63, 3.8) is 0 Å². The van der Waals surface area contributed by atoms with Crippen LogP contribution < -0.4 is 10.2 Å². The van der Waals surface area contributed by atoms with Gasteiger partial charge in [-0.15, -0.1) is 0 Å². The SMILES string of the molecule is Cc1cc(C(=O)N[C@@H](C(=O)N2CCN(c3ccc(F)cc3S(C)(=O)=O)CC2)c2ccccc2)ccc1Cl. The van der Waals surface area contributed by atoms with Gasteiger partial charge in [0.15, 0.2) is 9.84 Å². The quantitative estimate of drug-likeness (QED) is 0.507. The first-order chi connectivity index (χ1) is 17.5. The predicted octanol–water partition coefficient (Wildman–Crippen LogP) is 4.01. The maximum Gasteiger partial charge on any atom is 0.252 e. The van der Waals surface area contributed by atoms with E-state index in [1.807, 2.05) is 11.0 Å². The Morgan fingerprint density at radius 2 is 1.65 bits per heavy atom. The molecule has 1 aliphatic rings. The number of nitrogens with zero attached hydrogens (tertiary/aromatic N) is 2. The van der Waals surface area contributed by atoms with E-state index >= 15 is 0 Å². The number of piperazine rings is 1. The van der Waals surface area contributed by atoms with E-state index in [1.165, 1.54) is 12.1 Å². The van der Waals surface area contributed by atoms with Crippen molar-refractivity contribution in [2.45, 2.75) is 17.9 Å². The van der Waals surface area contributed by atoms with Crippen LogP contribution in [0.1, 0.15) is 27.5 Å². The fourth-order valence-corrected chi connectivity index (χ4v) is 5.35. The first-order valence-electron chi connectivity index (χ1n) is 11.7. The highest BCUT2D eigenvalue weighted by atomic mass is 35.5. The van der Waals surface area contributed by atoms with Gasteiger partial charge in [0.1, 0.15) is 11.9 Å². The fourth-order valence-electron chi connectivity index (χ4n) is 4.33. The Bertz CT molecular complexity index is 1420. The van der Waals surface area contributed by atoms with E-state index < -0.39 is 27.6 Å². The molecule has 1 atom stereocenters. The molecule has 1 heterocycles. The molecule has 1 N–H and O–H groups in total. The third-order valence-corrected chi connectivity index (χ3v) is 7.88. The average molecular weight is 544 g/mol. The Hall–Kier alpha value is -3.43. The van der Waals surface area contributed by atoms with E-state index in [4.69, 9.17) is 11.6 Å². The van der Waals surface area contributed by atoms with Gasteiger partial charge in [0.2, 0.25) is 5.91 Å². The summed E-state index contributed by atoms with van der Waals surface area (Å²) in [5, 5.41) is 3.41. The largest absolute Gasteiger partial charge is 0.367 e. The molecule has 0 bridgehead atoms. The maximum atomic E-state index is 13.8.